The van der Waals surface area contributed by atoms with Crippen molar-refractivity contribution in [3.8, 4) is 0 Å². The Morgan fingerprint density at radius 1 is 1.50 bits per heavy atom. The highest BCUT2D eigenvalue weighted by Gasteiger charge is 2.39. The molecule has 0 radical (unpaired) electrons. The van der Waals surface area contributed by atoms with Crippen molar-refractivity contribution < 1.29 is 4.79 Å². The Bertz CT molecular complexity index is 572. The van der Waals surface area contributed by atoms with Gasteiger partial charge in [0.05, 0.1) is 12.2 Å². The van der Waals surface area contributed by atoms with Gasteiger partial charge in [0.15, 0.2) is 0 Å². The van der Waals surface area contributed by atoms with Crippen LogP contribution >= 0.6 is 24.0 Å². The number of rotatable bonds is 2. The van der Waals surface area contributed by atoms with Gasteiger partial charge in [0.2, 0.25) is 11.9 Å². The topological polar surface area (TPSA) is 44.7 Å². The first-order valence-electron chi connectivity index (χ1n) is 6.50. The molecule has 0 spiro atoms. The number of nitrogens with zero attached hydrogens (tertiary/aromatic N) is 2. The molecular formula is C14H17Cl2N3O. The maximum Gasteiger partial charge on any atom is 0.249 e. The van der Waals surface area contributed by atoms with Gasteiger partial charge in [-0.15, -0.1) is 12.4 Å². The van der Waals surface area contributed by atoms with Crippen molar-refractivity contribution in [2.75, 3.05) is 0 Å². The van der Waals surface area contributed by atoms with Crippen molar-refractivity contribution >= 4 is 41.6 Å². The van der Waals surface area contributed by atoms with Crippen LogP contribution in [0.25, 0.3) is 0 Å². The molecule has 1 saturated heterocycles. The highest BCUT2D eigenvalue weighted by molar-refractivity contribution is 6.31. The summed E-state index contributed by atoms with van der Waals surface area (Å²) in [6.45, 7) is 4.88. The zero-order chi connectivity index (χ0) is 13.6. The van der Waals surface area contributed by atoms with Gasteiger partial charge in [-0.25, -0.2) is 4.99 Å². The van der Waals surface area contributed by atoms with Gasteiger partial charge in [-0.05, 0) is 24.5 Å². The van der Waals surface area contributed by atoms with Crippen LogP contribution in [0.1, 0.15) is 25.8 Å². The third kappa shape index (κ3) is 2.50. The molecule has 0 saturated carbocycles. The largest absolute Gasteiger partial charge is 0.326 e. The summed E-state index contributed by atoms with van der Waals surface area (Å²) in [5, 5.41) is 3.58. The summed E-state index contributed by atoms with van der Waals surface area (Å²) in [4.78, 5) is 18.6. The molecule has 108 valence electrons. The molecular weight excluding hydrogens is 297 g/mol. The average Bonchev–Trinajstić information content (AvgIpc) is 2.63. The molecule has 0 aromatic heterocycles. The fourth-order valence-electron chi connectivity index (χ4n) is 2.61. The number of aliphatic imine (C=N–C) groups is 1. The lowest BCUT2D eigenvalue weighted by Gasteiger charge is -2.29. The predicted octanol–water partition coefficient (Wildman–Crippen LogP) is 3.11. The van der Waals surface area contributed by atoms with Crippen molar-refractivity contribution in [1.82, 2.24) is 10.2 Å². The summed E-state index contributed by atoms with van der Waals surface area (Å²) < 4.78 is 0. The second-order valence-corrected chi connectivity index (χ2v) is 5.84. The zero-order valence-electron chi connectivity index (χ0n) is 11.4. The number of carbonyl (C=O) groups excluding carboxylic acids is 1. The standard InChI is InChI=1S/C14H16ClN3O.ClH/c1-8(2)6-12-13(19)17-14-16-11-5-3-4-10(15)9(11)7-18(12)14;/h3-5,8,12H,6-7H2,1-2H3,(H,16,17,19);1H. The Labute approximate surface area is 129 Å². The van der Waals surface area contributed by atoms with Crippen LogP contribution in [0.2, 0.25) is 5.02 Å². The minimum atomic E-state index is -0.136. The first-order valence-corrected chi connectivity index (χ1v) is 6.87. The number of guanidine groups is 1. The molecule has 0 bridgehead atoms. The van der Waals surface area contributed by atoms with Crippen LogP contribution < -0.4 is 5.32 Å². The van der Waals surface area contributed by atoms with Crippen LogP contribution in [-0.2, 0) is 11.3 Å². The minimum Gasteiger partial charge on any atom is -0.326 e. The van der Waals surface area contributed by atoms with E-state index >= 15 is 0 Å². The molecule has 1 aromatic rings. The Kier molecular flexibility index (Phi) is 4.25. The number of hydrogen-bond acceptors (Lipinski definition) is 3. The molecule has 2 aliphatic rings. The van der Waals surface area contributed by atoms with E-state index < -0.39 is 0 Å². The maximum atomic E-state index is 12.0. The monoisotopic (exact) mass is 313 g/mol. The second kappa shape index (κ2) is 5.62. The predicted molar refractivity (Wildman–Crippen MR) is 82.7 cm³/mol. The van der Waals surface area contributed by atoms with E-state index in [-0.39, 0.29) is 24.4 Å². The highest BCUT2D eigenvalue weighted by Crippen LogP contribution is 2.34. The van der Waals surface area contributed by atoms with E-state index in [1.807, 2.05) is 23.1 Å². The summed E-state index contributed by atoms with van der Waals surface area (Å²) in [5.41, 5.74) is 1.85. The zero-order valence-corrected chi connectivity index (χ0v) is 13.0. The van der Waals surface area contributed by atoms with Gasteiger partial charge in [-0.1, -0.05) is 31.5 Å². The van der Waals surface area contributed by atoms with Crippen LogP contribution in [0, 0.1) is 5.92 Å². The van der Waals surface area contributed by atoms with Crippen LogP contribution in [0.3, 0.4) is 0 Å². The SMILES string of the molecule is CC(C)CC1C(=O)NC2=Nc3cccc(Cl)c3CN21.Cl. The molecule has 1 atom stereocenters. The van der Waals surface area contributed by atoms with E-state index in [2.05, 4.69) is 24.2 Å². The van der Waals surface area contributed by atoms with Crippen molar-refractivity contribution in [1.29, 1.82) is 0 Å². The molecule has 4 nitrogen and oxygen atoms in total. The highest BCUT2D eigenvalue weighted by atomic mass is 35.5. The van der Waals surface area contributed by atoms with Gasteiger partial charge in [-0.2, -0.15) is 0 Å². The minimum absolute atomic E-state index is 0. The lowest BCUT2D eigenvalue weighted by Crippen LogP contribution is -2.37. The maximum absolute atomic E-state index is 12.0. The number of nitrogens with one attached hydrogen (secondary N) is 1. The lowest BCUT2D eigenvalue weighted by atomic mass is 10.0. The van der Waals surface area contributed by atoms with Crippen molar-refractivity contribution in [2.24, 2.45) is 10.9 Å². The van der Waals surface area contributed by atoms with E-state index in [1.54, 1.807) is 0 Å². The van der Waals surface area contributed by atoms with E-state index in [0.29, 0.717) is 23.4 Å². The van der Waals surface area contributed by atoms with Crippen LogP contribution in [-0.4, -0.2) is 22.8 Å². The molecule has 2 heterocycles. The lowest BCUT2D eigenvalue weighted by molar-refractivity contribution is -0.121. The molecule has 1 N–H and O–H groups in total. The van der Waals surface area contributed by atoms with Crippen LogP contribution in [0.4, 0.5) is 5.69 Å². The van der Waals surface area contributed by atoms with Crippen molar-refractivity contribution in [2.45, 2.75) is 32.9 Å². The van der Waals surface area contributed by atoms with E-state index in [4.69, 9.17) is 11.6 Å². The molecule has 2 aliphatic heterocycles. The number of benzene rings is 1. The van der Waals surface area contributed by atoms with Gasteiger partial charge >= 0.3 is 0 Å². The third-order valence-electron chi connectivity index (χ3n) is 3.53. The first kappa shape index (κ1) is 15.1. The summed E-state index contributed by atoms with van der Waals surface area (Å²) in [6.07, 6.45) is 0.824. The first-order chi connectivity index (χ1) is 9.06. The summed E-state index contributed by atoms with van der Waals surface area (Å²) in [5.74, 6) is 1.16. The molecule has 1 unspecified atom stereocenters. The Balaban J connectivity index is 0.00000147. The van der Waals surface area contributed by atoms with Crippen LogP contribution in [0.5, 0.6) is 0 Å². The Morgan fingerprint density at radius 2 is 2.25 bits per heavy atom. The van der Waals surface area contributed by atoms with E-state index in [1.165, 1.54) is 0 Å². The summed E-state index contributed by atoms with van der Waals surface area (Å²) >= 11 is 6.22. The molecule has 1 fully saturated rings. The molecule has 6 heteroatoms. The smallest absolute Gasteiger partial charge is 0.249 e. The fourth-order valence-corrected chi connectivity index (χ4v) is 2.83. The van der Waals surface area contributed by atoms with Gasteiger partial charge < -0.3 is 4.90 Å². The van der Waals surface area contributed by atoms with Crippen molar-refractivity contribution in [3.63, 3.8) is 0 Å². The van der Waals surface area contributed by atoms with Gasteiger partial charge in [0.25, 0.3) is 0 Å². The third-order valence-corrected chi connectivity index (χ3v) is 3.88. The molecule has 1 amide bonds. The van der Waals surface area contributed by atoms with E-state index in [0.717, 1.165) is 17.7 Å². The van der Waals surface area contributed by atoms with Gasteiger partial charge in [0.1, 0.15) is 6.04 Å². The van der Waals surface area contributed by atoms with Gasteiger partial charge in [-0.3, -0.25) is 10.1 Å². The number of amides is 1. The normalized spacial score (nSPS) is 20.0. The second-order valence-electron chi connectivity index (χ2n) is 5.44. The number of carbonyl (C=O) groups is 1. The van der Waals surface area contributed by atoms with Crippen molar-refractivity contribution in [3.05, 3.63) is 28.8 Å². The average molecular weight is 314 g/mol. The summed E-state index contributed by atoms with van der Waals surface area (Å²) in [6, 6.07) is 5.53. The van der Waals surface area contributed by atoms with Crippen LogP contribution in [0.15, 0.2) is 23.2 Å². The van der Waals surface area contributed by atoms with Gasteiger partial charge in [0, 0.05) is 10.6 Å². The molecule has 20 heavy (non-hydrogen) atoms. The van der Waals surface area contributed by atoms with E-state index in [9.17, 15) is 4.79 Å². The number of fused-ring (bicyclic) bond motifs is 2. The Morgan fingerprint density at radius 3 is 2.95 bits per heavy atom. The summed E-state index contributed by atoms with van der Waals surface area (Å²) in [7, 11) is 0. The quantitative estimate of drug-likeness (QED) is 0.911. The molecule has 1 aromatic carbocycles. The number of hydrogen-bond donors (Lipinski definition) is 1. The Hall–Kier alpha value is -1.26. The number of halogens is 2. The molecule has 0 aliphatic carbocycles. The fraction of sp³-hybridized carbons (Fsp3) is 0.429. The molecule has 3 rings (SSSR count).